The summed E-state index contributed by atoms with van der Waals surface area (Å²) in [4.78, 5) is 14.4. The molecule has 1 unspecified atom stereocenters. The summed E-state index contributed by atoms with van der Waals surface area (Å²) in [7, 11) is 0. The summed E-state index contributed by atoms with van der Waals surface area (Å²) in [6.45, 7) is 0. The third-order valence-electron chi connectivity index (χ3n) is 1.56. The molecule has 1 atom stereocenters. The number of carboxylic acid groups (broad SMARTS) is 1. The van der Waals surface area contributed by atoms with Crippen molar-refractivity contribution in [2.45, 2.75) is 12.5 Å². The van der Waals surface area contributed by atoms with E-state index in [2.05, 4.69) is 20.9 Å². The zero-order valence-corrected chi connectivity index (χ0v) is 12.6. The topological polar surface area (TPSA) is 76.2 Å². The number of rotatable bonds is 3. The Morgan fingerprint density at radius 2 is 2.13 bits per heavy atom. The highest BCUT2D eigenvalue weighted by Gasteiger charge is 2.11. The number of carboxylic acids is 1. The summed E-state index contributed by atoms with van der Waals surface area (Å²) < 4.78 is 0.722. The Hall–Kier alpha value is 0.0200. The van der Waals surface area contributed by atoms with Gasteiger partial charge in [0.2, 0.25) is 0 Å². The summed E-state index contributed by atoms with van der Waals surface area (Å²) in [6, 6.07) is 2.69. The van der Waals surface area contributed by atoms with E-state index in [0.717, 1.165) is 10.2 Å². The van der Waals surface area contributed by atoms with Gasteiger partial charge in [0, 0.05) is 6.20 Å². The van der Waals surface area contributed by atoms with Crippen LogP contribution in [0.3, 0.4) is 0 Å². The smallest absolute Gasteiger partial charge is 0.320 e. The molecule has 0 radical (unpaired) electrons. The van der Waals surface area contributed by atoms with E-state index in [4.69, 9.17) is 10.8 Å². The number of halogens is 3. The van der Waals surface area contributed by atoms with Crippen LogP contribution in [0.15, 0.2) is 22.9 Å². The van der Waals surface area contributed by atoms with Gasteiger partial charge in [0.1, 0.15) is 10.6 Å². The van der Waals surface area contributed by atoms with Gasteiger partial charge >= 0.3 is 5.97 Å². The van der Waals surface area contributed by atoms with Crippen LogP contribution in [0.2, 0.25) is 0 Å². The Morgan fingerprint density at radius 3 is 2.53 bits per heavy atom. The van der Waals surface area contributed by atoms with Gasteiger partial charge in [-0.2, -0.15) is 0 Å². The van der Waals surface area contributed by atoms with Crippen molar-refractivity contribution in [1.29, 1.82) is 0 Å². The van der Waals surface area contributed by atoms with Gasteiger partial charge in [-0.15, -0.1) is 34.0 Å². The molecule has 0 fully saturated rings. The molecular weight excluding hydrogens is 396 g/mol. The molecule has 1 rings (SSSR count). The van der Waals surface area contributed by atoms with E-state index in [0.29, 0.717) is 6.42 Å². The maximum atomic E-state index is 10.4. The number of nitrogens with two attached hydrogens (primary N) is 1. The third-order valence-corrected chi connectivity index (χ3v) is 2.03. The van der Waals surface area contributed by atoms with E-state index in [1.165, 1.54) is 0 Å². The molecule has 0 amide bonds. The Labute approximate surface area is 117 Å². The molecule has 1 aromatic heterocycles. The highest BCUT2D eigenvalue weighted by molar-refractivity contribution is 9.10. The lowest BCUT2D eigenvalue weighted by Gasteiger charge is -2.05. The lowest BCUT2D eigenvalue weighted by Crippen LogP contribution is -2.32. The van der Waals surface area contributed by atoms with Gasteiger partial charge < -0.3 is 10.8 Å². The van der Waals surface area contributed by atoms with Crippen molar-refractivity contribution in [2.75, 3.05) is 0 Å². The SMILES string of the molecule is Br.Br.NC(Cc1ccc(Br)nc1)C(=O)O. The van der Waals surface area contributed by atoms with Gasteiger partial charge in [0.15, 0.2) is 0 Å². The van der Waals surface area contributed by atoms with Crippen LogP contribution in [0.4, 0.5) is 0 Å². The Morgan fingerprint density at radius 1 is 1.53 bits per heavy atom. The van der Waals surface area contributed by atoms with Crippen LogP contribution in [-0.2, 0) is 11.2 Å². The first-order valence-electron chi connectivity index (χ1n) is 3.68. The van der Waals surface area contributed by atoms with Crippen LogP contribution in [0.1, 0.15) is 5.56 Å². The van der Waals surface area contributed by atoms with E-state index >= 15 is 0 Å². The van der Waals surface area contributed by atoms with Crippen molar-refractivity contribution < 1.29 is 9.90 Å². The monoisotopic (exact) mass is 404 g/mol. The molecule has 0 spiro atoms. The van der Waals surface area contributed by atoms with Crippen molar-refractivity contribution >= 4 is 55.9 Å². The van der Waals surface area contributed by atoms with Crippen LogP contribution < -0.4 is 5.73 Å². The average molecular weight is 407 g/mol. The molecule has 15 heavy (non-hydrogen) atoms. The van der Waals surface area contributed by atoms with Crippen LogP contribution in [0, 0.1) is 0 Å². The van der Waals surface area contributed by atoms with Crippen molar-refractivity contribution in [3.8, 4) is 0 Å². The molecule has 0 bridgehead atoms. The Bertz CT molecular complexity index is 305. The van der Waals surface area contributed by atoms with E-state index in [1.807, 2.05) is 0 Å². The molecule has 0 aliphatic carbocycles. The molecule has 86 valence electrons. The maximum absolute atomic E-state index is 10.4. The molecule has 7 heteroatoms. The molecule has 0 aliphatic rings. The summed E-state index contributed by atoms with van der Waals surface area (Å²) in [5.41, 5.74) is 6.17. The first-order valence-corrected chi connectivity index (χ1v) is 4.47. The fourth-order valence-electron chi connectivity index (χ4n) is 0.868. The molecule has 3 N–H and O–H groups in total. The highest BCUT2D eigenvalue weighted by atomic mass is 79.9. The lowest BCUT2D eigenvalue weighted by atomic mass is 10.1. The first-order chi connectivity index (χ1) is 6.09. The molecular formula is C8H11Br3N2O2. The number of nitrogens with zero attached hydrogens (tertiary/aromatic N) is 1. The van der Waals surface area contributed by atoms with Crippen LogP contribution in [0.5, 0.6) is 0 Å². The predicted molar refractivity (Wildman–Crippen MR) is 71.9 cm³/mol. The molecule has 1 heterocycles. The molecule has 4 nitrogen and oxygen atoms in total. The van der Waals surface area contributed by atoms with E-state index in [-0.39, 0.29) is 34.0 Å². The second-order valence-electron chi connectivity index (χ2n) is 2.64. The van der Waals surface area contributed by atoms with Crippen LogP contribution in [0.25, 0.3) is 0 Å². The second kappa shape index (κ2) is 8.20. The second-order valence-corrected chi connectivity index (χ2v) is 3.45. The molecule has 0 saturated carbocycles. The Balaban J connectivity index is 0. The van der Waals surface area contributed by atoms with Crippen molar-refractivity contribution in [1.82, 2.24) is 4.98 Å². The maximum Gasteiger partial charge on any atom is 0.320 e. The van der Waals surface area contributed by atoms with Gasteiger partial charge in [0.25, 0.3) is 0 Å². The molecule has 1 aromatic rings. The minimum Gasteiger partial charge on any atom is -0.480 e. The quantitative estimate of drug-likeness (QED) is 0.752. The van der Waals surface area contributed by atoms with E-state index in [1.54, 1.807) is 18.3 Å². The van der Waals surface area contributed by atoms with Crippen molar-refractivity contribution in [3.05, 3.63) is 28.5 Å². The normalized spacial score (nSPS) is 10.8. The summed E-state index contributed by atoms with van der Waals surface area (Å²) in [5, 5.41) is 8.54. The minimum atomic E-state index is -0.997. The molecule has 0 saturated heterocycles. The average Bonchev–Trinajstić information content (AvgIpc) is 2.08. The zero-order valence-electron chi connectivity index (χ0n) is 7.59. The fourth-order valence-corrected chi connectivity index (χ4v) is 1.10. The van der Waals surface area contributed by atoms with E-state index < -0.39 is 12.0 Å². The van der Waals surface area contributed by atoms with Gasteiger partial charge in [-0.05, 0) is 34.0 Å². The van der Waals surface area contributed by atoms with Gasteiger partial charge in [-0.1, -0.05) is 6.07 Å². The number of hydrogen-bond acceptors (Lipinski definition) is 3. The highest BCUT2D eigenvalue weighted by Crippen LogP contribution is 2.07. The third kappa shape index (κ3) is 6.24. The van der Waals surface area contributed by atoms with Crippen molar-refractivity contribution in [2.24, 2.45) is 5.73 Å². The Kier molecular flexibility index (Phi) is 9.53. The summed E-state index contributed by atoms with van der Waals surface area (Å²) >= 11 is 3.18. The lowest BCUT2D eigenvalue weighted by molar-refractivity contribution is -0.138. The van der Waals surface area contributed by atoms with Gasteiger partial charge in [-0.3, -0.25) is 4.79 Å². The number of hydrogen-bond donors (Lipinski definition) is 2. The van der Waals surface area contributed by atoms with Gasteiger partial charge in [-0.25, -0.2) is 4.98 Å². The standard InChI is InChI=1S/C8H9BrN2O2.2BrH/c9-7-2-1-5(4-11-7)3-6(10)8(12)13;;/h1-2,4,6H,3,10H2,(H,12,13);2*1H. The van der Waals surface area contributed by atoms with Crippen LogP contribution in [-0.4, -0.2) is 22.1 Å². The summed E-state index contributed by atoms with van der Waals surface area (Å²) in [6.07, 6.45) is 1.91. The fraction of sp³-hybridized carbons (Fsp3) is 0.250. The number of carbonyl (C=O) groups is 1. The number of pyridine rings is 1. The largest absolute Gasteiger partial charge is 0.480 e. The minimum absolute atomic E-state index is 0. The number of aromatic nitrogens is 1. The molecule has 0 aliphatic heterocycles. The zero-order chi connectivity index (χ0) is 9.84. The molecule has 0 aromatic carbocycles. The van der Waals surface area contributed by atoms with Crippen LogP contribution >= 0.6 is 49.9 Å². The van der Waals surface area contributed by atoms with Crippen molar-refractivity contribution in [3.63, 3.8) is 0 Å². The predicted octanol–water partition coefficient (Wildman–Crippen LogP) is 1.95. The van der Waals surface area contributed by atoms with Gasteiger partial charge in [0.05, 0.1) is 0 Å². The summed E-state index contributed by atoms with van der Waals surface area (Å²) in [5.74, 6) is -0.997. The first kappa shape index (κ1) is 17.4. The number of aliphatic carboxylic acids is 1. The van der Waals surface area contributed by atoms with E-state index in [9.17, 15) is 4.79 Å².